The first-order valence-corrected chi connectivity index (χ1v) is 11.5. The quantitative estimate of drug-likeness (QED) is 0.714. The lowest BCUT2D eigenvalue weighted by atomic mass is 9.80. The van der Waals surface area contributed by atoms with Crippen molar-refractivity contribution in [3.05, 3.63) is 29.1 Å². The standard InChI is InChI=1S/C17H20F3N3O2.C6H12O2/c18-17(19,20)11-5-10-9-23(3-1-13(10)22-8-11)15(24)16-2-4-25-14(16)6-12(21)7-16;1-7-6-3-2-4-8-5-6/h5,8,12,14H,1-4,6-7,9,21H2;6H,2-5H2,1H3. The molecular formula is C23H32F3N3O4. The highest BCUT2D eigenvalue weighted by molar-refractivity contribution is 5.84. The Labute approximate surface area is 191 Å². The van der Waals surface area contributed by atoms with Crippen molar-refractivity contribution in [1.29, 1.82) is 0 Å². The monoisotopic (exact) mass is 471 g/mol. The van der Waals surface area contributed by atoms with Crippen LogP contribution in [0.15, 0.2) is 12.3 Å². The Kier molecular flexibility index (Phi) is 7.28. The summed E-state index contributed by atoms with van der Waals surface area (Å²) in [6, 6.07) is 1.05. The molecule has 4 unspecified atom stereocenters. The summed E-state index contributed by atoms with van der Waals surface area (Å²) in [5, 5.41) is 0. The van der Waals surface area contributed by atoms with Crippen LogP contribution in [0.5, 0.6) is 0 Å². The number of hydrogen-bond acceptors (Lipinski definition) is 6. The Bertz CT molecular complexity index is 847. The number of hydrogen-bond donors (Lipinski definition) is 1. The molecular weight excluding hydrogens is 439 g/mol. The Hall–Kier alpha value is -1.75. The molecule has 4 heterocycles. The molecule has 3 aliphatic heterocycles. The van der Waals surface area contributed by atoms with Crippen molar-refractivity contribution >= 4 is 5.91 Å². The molecule has 0 spiro atoms. The van der Waals surface area contributed by atoms with Crippen LogP contribution in [0.2, 0.25) is 0 Å². The predicted octanol–water partition coefficient (Wildman–Crippen LogP) is 2.69. The van der Waals surface area contributed by atoms with Crippen molar-refractivity contribution in [3.63, 3.8) is 0 Å². The summed E-state index contributed by atoms with van der Waals surface area (Å²) in [5.41, 5.74) is 5.77. The summed E-state index contributed by atoms with van der Waals surface area (Å²) >= 11 is 0. The molecule has 2 saturated heterocycles. The number of amides is 1. The number of halogens is 3. The maximum atomic E-state index is 13.2. The molecule has 4 atom stereocenters. The molecule has 33 heavy (non-hydrogen) atoms. The molecule has 0 bridgehead atoms. The molecule has 1 aromatic rings. The van der Waals surface area contributed by atoms with E-state index in [0.29, 0.717) is 56.2 Å². The second-order valence-electron chi connectivity index (χ2n) is 9.34. The Morgan fingerprint density at radius 3 is 2.85 bits per heavy atom. The van der Waals surface area contributed by atoms with E-state index in [4.69, 9.17) is 19.9 Å². The Balaban J connectivity index is 0.000000275. The fourth-order valence-electron chi connectivity index (χ4n) is 5.36. The van der Waals surface area contributed by atoms with Gasteiger partial charge in [0.05, 0.1) is 29.8 Å². The van der Waals surface area contributed by atoms with Gasteiger partial charge >= 0.3 is 6.18 Å². The van der Waals surface area contributed by atoms with Crippen molar-refractivity contribution in [2.24, 2.45) is 11.1 Å². The molecule has 1 amide bonds. The average Bonchev–Trinajstić information content (AvgIpc) is 3.35. The second-order valence-corrected chi connectivity index (χ2v) is 9.34. The normalized spacial score (nSPS) is 31.4. The fourth-order valence-corrected chi connectivity index (χ4v) is 5.36. The number of nitrogens with zero attached hydrogens (tertiary/aromatic N) is 2. The number of aromatic nitrogens is 1. The van der Waals surface area contributed by atoms with Crippen molar-refractivity contribution in [1.82, 2.24) is 9.88 Å². The van der Waals surface area contributed by atoms with Gasteiger partial charge in [0.2, 0.25) is 5.91 Å². The fraction of sp³-hybridized carbons (Fsp3) is 0.739. The zero-order valence-electron chi connectivity index (χ0n) is 18.9. The van der Waals surface area contributed by atoms with Gasteiger partial charge in [-0.15, -0.1) is 0 Å². The van der Waals surface area contributed by atoms with Crippen molar-refractivity contribution < 1.29 is 32.2 Å². The number of rotatable bonds is 2. The van der Waals surface area contributed by atoms with Crippen LogP contribution in [0.3, 0.4) is 0 Å². The Morgan fingerprint density at radius 1 is 1.36 bits per heavy atom. The van der Waals surface area contributed by atoms with Crippen LogP contribution >= 0.6 is 0 Å². The SMILES string of the molecule is COC1CCCOC1.NC1CC2OCCC2(C(=O)N2CCc3ncc(C(F)(F)F)cc3C2)C1. The maximum absolute atomic E-state index is 13.2. The molecule has 4 aliphatic rings. The van der Waals surface area contributed by atoms with E-state index in [9.17, 15) is 18.0 Å². The van der Waals surface area contributed by atoms with Gasteiger partial charge in [-0.2, -0.15) is 13.2 Å². The number of carbonyl (C=O) groups excluding carboxylic acids is 1. The molecule has 184 valence electrons. The van der Waals surface area contributed by atoms with Crippen molar-refractivity contribution in [2.75, 3.05) is 33.5 Å². The highest BCUT2D eigenvalue weighted by atomic mass is 19.4. The minimum Gasteiger partial charge on any atom is -0.379 e. The number of nitrogens with two attached hydrogens (primary N) is 1. The zero-order valence-corrected chi connectivity index (χ0v) is 18.9. The molecule has 7 nitrogen and oxygen atoms in total. The van der Waals surface area contributed by atoms with E-state index in [1.54, 1.807) is 12.0 Å². The summed E-state index contributed by atoms with van der Waals surface area (Å²) in [4.78, 5) is 18.8. The van der Waals surface area contributed by atoms with Crippen LogP contribution < -0.4 is 5.73 Å². The van der Waals surface area contributed by atoms with Gasteiger partial charge in [0.15, 0.2) is 0 Å². The van der Waals surface area contributed by atoms with Crippen molar-refractivity contribution in [2.45, 2.75) is 69.5 Å². The molecule has 5 rings (SSSR count). The molecule has 1 aliphatic carbocycles. The van der Waals surface area contributed by atoms with E-state index >= 15 is 0 Å². The smallest absolute Gasteiger partial charge is 0.379 e. The molecule has 2 N–H and O–H groups in total. The van der Waals surface area contributed by atoms with E-state index in [1.165, 1.54) is 0 Å². The maximum Gasteiger partial charge on any atom is 0.417 e. The van der Waals surface area contributed by atoms with Gasteiger partial charge < -0.3 is 24.8 Å². The number of methoxy groups -OCH3 is 1. The van der Waals surface area contributed by atoms with Crippen LogP contribution in [0.4, 0.5) is 13.2 Å². The number of pyridine rings is 1. The van der Waals surface area contributed by atoms with Gasteiger partial charge in [-0.1, -0.05) is 0 Å². The van der Waals surface area contributed by atoms with Gasteiger partial charge in [-0.3, -0.25) is 9.78 Å². The van der Waals surface area contributed by atoms with E-state index in [1.807, 2.05) is 0 Å². The Morgan fingerprint density at radius 2 is 2.18 bits per heavy atom. The van der Waals surface area contributed by atoms with Crippen LogP contribution in [0.1, 0.15) is 48.9 Å². The minimum atomic E-state index is -4.43. The summed E-state index contributed by atoms with van der Waals surface area (Å²) in [5.74, 6) is -0.0361. The zero-order chi connectivity index (χ0) is 23.6. The van der Waals surface area contributed by atoms with Gasteiger partial charge in [0.1, 0.15) is 0 Å². The first-order chi connectivity index (χ1) is 15.7. The third-order valence-corrected chi connectivity index (χ3v) is 7.16. The lowest BCUT2D eigenvalue weighted by Gasteiger charge is -2.36. The third kappa shape index (κ3) is 5.18. The number of carbonyl (C=O) groups is 1. The van der Waals surface area contributed by atoms with Gasteiger partial charge in [-0.05, 0) is 43.7 Å². The largest absolute Gasteiger partial charge is 0.417 e. The van der Waals surface area contributed by atoms with Gasteiger partial charge in [0, 0.05) is 57.8 Å². The lowest BCUT2D eigenvalue weighted by Crippen LogP contribution is -2.48. The topological polar surface area (TPSA) is 86.9 Å². The molecule has 1 aromatic heterocycles. The highest BCUT2D eigenvalue weighted by Crippen LogP contribution is 2.48. The minimum absolute atomic E-state index is 0.0361. The molecule has 1 saturated carbocycles. The van der Waals surface area contributed by atoms with Crippen LogP contribution in [-0.4, -0.2) is 67.5 Å². The van der Waals surface area contributed by atoms with Gasteiger partial charge in [0.25, 0.3) is 0 Å². The van der Waals surface area contributed by atoms with Crippen LogP contribution in [0, 0.1) is 5.41 Å². The van der Waals surface area contributed by atoms with Crippen LogP contribution in [-0.2, 0) is 38.1 Å². The first-order valence-electron chi connectivity index (χ1n) is 11.5. The van der Waals surface area contributed by atoms with Crippen LogP contribution in [0.25, 0.3) is 0 Å². The summed E-state index contributed by atoms with van der Waals surface area (Å²) < 4.78 is 54.7. The third-order valence-electron chi connectivity index (χ3n) is 7.16. The second kappa shape index (κ2) is 9.85. The van der Waals surface area contributed by atoms with E-state index in [2.05, 4.69) is 4.98 Å². The van der Waals surface area contributed by atoms with Gasteiger partial charge in [-0.25, -0.2) is 0 Å². The van der Waals surface area contributed by atoms with E-state index in [-0.39, 0.29) is 24.6 Å². The molecule has 3 fully saturated rings. The predicted molar refractivity (Wildman–Crippen MR) is 113 cm³/mol. The number of ether oxygens (including phenoxy) is 3. The first kappa shape index (κ1) is 24.4. The van der Waals surface area contributed by atoms with E-state index < -0.39 is 17.2 Å². The average molecular weight is 472 g/mol. The number of alkyl halides is 3. The molecule has 10 heteroatoms. The molecule has 0 radical (unpaired) electrons. The summed E-state index contributed by atoms with van der Waals surface area (Å²) in [6.45, 7) is 2.87. The highest BCUT2D eigenvalue weighted by Gasteiger charge is 2.56. The lowest BCUT2D eigenvalue weighted by molar-refractivity contribution is -0.145. The summed E-state index contributed by atoms with van der Waals surface area (Å²) in [7, 11) is 1.74. The van der Waals surface area contributed by atoms with E-state index in [0.717, 1.165) is 38.3 Å². The van der Waals surface area contributed by atoms with Crippen molar-refractivity contribution in [3.8, 4) is 0 Å². The number of fused-ring (bicyclic) bond motifs is 2. The summed E-state index contributed by atoms with van der Waals surface area (Å²) in [6.07, 6.45) is 1.29. The molecule has 0 aromatic carbocycles.